The molecule has 0 radical (unpaired) electrons. The number of hydrogen-bond acceptors (Lipinski definition) is 5. The van der Waals surface area contributed by atoms with Gasteiger partial charge in [-0.15, -0.1) is 0 Å². The van der Waals surface area contributed by atoms with Crippen molar-refractivity contribution in [2.45, 2.75) is 37.2 Å². The van der Waals surface area contributed by atoms with E-state index in [1.165, 1.54) is 42.3 Å². The minimum atomic E-state index is -4.27. The van der Waals surface area contributed by atoms with E-state index in [1.54, 1.807) is 42.5 Å². The van der Waals surface area contributed by atoms with Crippen LogP contribution in [0.3, 0.4) is 0 Å². The first-order valence-electron chi connectivity index (χ1n) is 14.4. The largest absolute Gasteiger partial charge is 0.497 e. The van der Waals surface area contributed by atoms with Gasteiger partial charge in [-0.2, -0.15) is 0 Å². The van der Waals surface area contributed by atoms with E-state index in [9.17, 15) is 18.0 Å². The Bertz CT molecular complexity index is 1690. The van der Waals surface area contributed by atoms with E-state index in [4.69, 9.17) is 27.9 Å². The van der Waals surface area contributed by atoms with Crippen molar-refractivity contribution in [3.63, 3.8) is 0 Å². The van der Waals surface area contributed by atoms with Crippen LogP contribution in [0.2, 0.25) is 10.0 Å². The zero-order valence-electron chi connectivity index (χ0n) is 25.0. The molecule has 45 heavy (non-hydrogen) atoms. The number of anilines is 1. The number of methoxy groups -OCH3 is 1. The van der Waals surface area contributed by atoms with Crippen LogP contribution in [0.1, 0.15) is 24.5 Å². The number of ether oxygens (including phenoxy) is 1. The molecule has 2 amide bonds. The summed E-state index contributed by atoms with van der Waals surface area (Å²) in [7, 11) is -2.78. The van der Waals surface area contributed by atoms with Crippen molar-refractivity contribution in [3.8, 4) is 5.75 Å². The molecule has 0 aliphatic carbocycles. The Balaban J connectivity index is 1.79. The lowest BCUT2D eigenvalue weighted by Gasteiger charge is -2.34. The van der Waals surface area contributed by atoms with Crippen LogP contribution < -0.4 is 14.4 Å². The van der Waals surface area contributed by atoms with Crippen LogP contribution in [0.4, 0.5) is 5.69 Å². The Morgan fingerprint density at radius 3 is 2.16 bits per heavy atom. The molecule has 0 saturated heterocycles. The minimum Gasteiger partial charge on any atom is -0.497 e. The van der Waals surface area contributed by atoms with Gasteiger partial charge in [-0.1, -0.05) is 78.7 Å². The maximum atomic E-state index is 14.4. The summed E-state index contributed by atoms with van der Waals surface area (Å²) >= 11 is 12.4. The molecular weight excluding hydrogens is 633 g/mol. The minimum absolute atomic E-state index is 0.0400. The summed E-state index contributed by atoms with van der Waals surface area (Å²) in [6.45, 7) is 1.82. The van der Waals surface area contributed by atoms with Crippen LogP contribution >= 0.6 is 23.2 Å². The first kappa shape index (κ1) is 33.8. The predicted molar refractivity (Wildman–Crippen MR) is 178 cm³/mol. The summed E-state index contributed by atoms with van der Waals surface area (Å²) in [4.78, 5) is 29.5. The number of carbonyl (C=O) groups excluding carboxylic acids is 2. The number of hydrogen-bond donors (Lipinski definition) is 1. The average molecular weight is 669 g/mol. The lowest BCUT2D eigenvalue weighted by molar-refractivity contribution is -0.140. The molecule has 0 fully saturated rings. The molecule has 4 aromatic rings. The molecule has 1 N–H and O–H groups in total. The van der Waals surface area contributed by atoms with E-state index >= 15 is 0 Å². The van der Waals surface area contributed by atoms with Gasteiger partial charge in [0.05, 0.1) is 17.7 Å². The average Bonchev–Trinajstić information content (AvgIpc) is 3.05. The second kappa shape index (κ2) is 15.8. The highest BCUT2D eigenvalue weighted by molar-refractivity contribution is 7.92. The molecular formula is C34H35Cl2N3O5S. The molecule has 4 rings (SSSR count). The van der Waals surface area contributed by atoms with Gasteiger partial charge in [0, 0.05) is 29.6 Å². The second-order valence-corrected chi connectivity index (χ2v) is 13.0. The summed E-state index contributed by atoms with van der Waals surface area (Å²) in [5, 5.41) is 3.75. The Morgan fingerprint density at radius 2 is 1.53 bits per heavy atom. The molecule has 1 atom stereocenters. The molecule has 0 heterocycles. The molecule has 0 aliphatic heterocycles. The molecule has 4 aromatic carbocycles. The first-order chi connectivity index (χ1) is 21.6. The number of sulfonamides is 1. The summed E-state index contributed by atoms with van der Waals surface area (Å²) in [5.41, 5.74) is 1.77. The van der Waals surface area contributed by atoms with E-state index in [1.807, 2.05) is 37.3 Å². The Morgan fingerprint density at radius 1 is 0.844 bits per heavy atom. The summed E-state index contributed by atoms with van der Waals surface area (Å²) in [6.07, 6.45) is 0.926. The van der Waals surface area contributed by atoms with E-state index < -0.39 is 28.5 Å². The molecule has 0 aromatic heterocycles. The number of nitrogens with one attached hydrogen (secondary N) is 1. The van der Waals surface area contributed by atoms with Gasteiger partial charge >= 0.3 is 0 Å². The Labute approximate surface area is 274 Å². The quantitative estimate of drug-likeness (QED) is 0.169. The van der Waals surface area contributed by atoms with Crippen molar-refractivity contribution >= 4 is 50.7 Å². The number of nitrogens with zero attached hydrogens (tertiary/aromatic N) is 2. The van der Waals surface area contributed by atoms with Crippen LogP contribution in [0.25, 0.3) is 0 Å². The van der Waals surface area contributed by atoms with Crippen LogP contribution in [-0.2, 0) is 32.6 Å². The number of halogens is 2. The molecule has 236 valence electrons. The Kier molecular flexibility index (Phi) is 11.9. The topological polar surface area (TPSA) is 96.0 Å². The van der Waals surface area contributed by atoms with Crippen LogP contribution in [0, 0.1) is 0 Å². The third-order valence-corrected chi connectivity index (χ3v) is 9.38. The van der Waals surface area contributed by atoms with Crippen molar-refractivity contribution in [3.05, 3.63) is 124 Å². The third-order valence-electron chi connectivity index (χ3n) is 7.11. The highest BCUT2D eigenvalue weighted by Crippen LogP contribution is 2.28. The van der Waals surface area contributed by atoms with Gasteiger partial charge in [-0.3, -0.25) is 13.9 Å². The van der Waals surface area contributed by atoms with Gasteiger partial charge in [0.15, 0.2) is 0 Å². The maximum Gasteiger partial charge on any atom is 0.264 e. The van der Waals surface area contributed by atoms with Crippen LogP contribution in [0.5, 0.6) is 5.75 Å². The molecule has 0 aliphatic rings. The van der Waals surface area contributed by atoms with Gasteiger partial charge < -0.3 is 15.0 Å². The number of amides is 2. The zero-order valence-corrected chi connectivity index (χ0v) is 27.4. The standard InChI is InChI=1S/C34H35Cl2N3O5S/c1-3-20-37-34(41)32(21-25-8-5-4-6-9-25)38(23-26-12-14-27(35)15-13-26)33(40)24-39(29-11-7-10-28(36)22-29)45(42,43)31-18-16-30(44-2)17-19-31/h4-19,22,32H,3,20-21,23-24H2,1-2H3,(H,37,41)/t32-/m0/s1. The van der Waals surface area contributed by atoms with Gasteiger partial charge in [-0.05, 0) is 72.1 Å². The van der Waals surface area contributed by atoms with E-state index in [2.05, 4.69) is 5.32 Å². The van der Waals surface area contributed by atoms with E-state index in [-0.39, 0.29) is 29.5 Å². The van der Waals surface area contributed by atoms with Crippen molar-refractivity contribution in [2.24, 2.45) is 0 Å². The van der Waals surface area contributed by atoms with Crippen molar-refractivity contribution in [1.82, 2.24) is 10.2 Å². The first-order valence-corrected chi connectivity index (χ1v) is 16.6. The number of benzene rings is 4. The van der Waals surface area contributed by atoms with Crippen molar-refractivity contribution in [2.75, 3.05) is 24.5 Å². The fraction of sp³-hybridized carbons (Fsp3) is 0.235. The van der Waals surface area contributed by atoms with E-state index in [0.29, 0.717) is 28.8 Å². The smallest absolute Gasteiger partial charge is 0.264 e. The van der Waals surface area contributed by atoms with Gasteiger partial charge in [0.2, 0.25) is 11.8 Å². The summed E-state index contributed by atoms with van der Waals surface area (Å²) < 4.78 is 34.4. The van der Waals surface area contributed by atoms with Crippen molar-refractivity contribution < 1.29 is 22.7 Å². The normalized spacial score (nSPS) is 11.8. The highest BCUT2D eigenvalue weighted by Gasteiger charge is 2.34. The molecule has 0 spiro atoms. The maximum absolute atomic E-state index is 14.4. The number of rotatable bonds is 14. The summed E-state index contributed by atoms with van der Waals surface area (Å²) in [5.74, 6) is -0.430. The van der Waals surface area contributed by atoms with Gasteiger partial charge in [-0.25, -0.2) is 8.42 Å². The fourth-order valence-corrected chi connectivity index (χ4v) is 6.46. The SMILES string of the molecule is CCCNC(=O)[C@H](Cc1ccccc1)N(Cc1ccc(Cl)cc1)C(=O)CN(c1cccc(Cl)c1)S(=O)(=O)c1ccc(OC)cc1. The third kappa shape index (κ3) is 9.00. The molecule has 11 heteroatoms. The molecule has 8 nitrogen and oxygen atoms in total. The molecule has 0 bridgehead atoms. The monoisotopic (exact) mass is 667 g/mol. The number of carbonyl (C=O) groups is 2. The van der Waals surface area contributed by atoms with Crippen molar-refractivity contribution in [1.29, 1.82) is 0 Å². The zero-order chi connectivity index (χ0) is 32.4. The second-order valence-electron chi connectivity index (χ2n) is 10.3. The van der Waals surface area contributed by atoms with Gasteiger partial charge in [0.25, 0.3) is 10.0 Å². The van der Waals surface area contributed by atoms with E-state index in [0.717, 1.165) is 15.4 Å². The van der Waals surface area contributed by atoms with Crippen LogP contribution in [-0.4, -0.2) is 51.4 Å². The predicted octanol–water partition coefficient (Wildman–Crippen LogP) is 6.36. The van der Waals surface area contributed by atoms with Gasteiger partial charge in [0.1, 0.15) is 18.3 Å². The fourth-order valence-electron chi connectivity index (χ4n) is 4.74. The summed E-state index contributed by atoms with van der Waals surface area (Å²) in [6, 6.07) is 27.6. The lowest BCUT2D eigenvalue weighted by Crippen LogP contribution is -2.53. The van der Waals surface area contributed by atoms with Crippen LogP contribution in [0.15, 0.2) is 108 Å². The lowest BCUT2D eigenvalue weighted by atomic mass is 10.0. The molecule has 0 unspecified atom stereocenters. The Hall–Kier alpha value is -4.05. The highest BCUT2D eigenvalue weighted by atomic mass is 35.5. The molecule has 0 saturated carbocycles.